The standard InChI is InChI=1S/C5H9O2.CH3I/c1-5(2,3)4(6)7;1-2/h1-3H3;1H3. The molecule has 0 bridgehead atoms. The minimum atomic E-state index is -1.01. The summed E-state index contributed by atoms with van der Waals surface area (Å²) in [5, 5.41) is 9.91. The molecule has 0 N–H and O–H groups in total. The second-order valence-corrected chi connectivity index (χ2v) is 2.54. The summed E-state index contributed by atoms with van der Waals surface area (Å²) in [7, 11) is 0. The number of carbonyl (C=O) groups excluding carboxylic acids is 1. The van der Waals surface area contributed by atoms with E-state index in [9.17, 15) is 9.90 Å². The van der Waals surface area contributed by atoms with Crippen LogP contribution in [0.1, 0.15) is 20.8 Å². The van der Waals surface area contributed by atoms with Crippen LogP contribution in [0.15, 0.2) is 0 Å². The van der Waals surface area contributed by atoms with Crippen LogP contribution in [0.4, 0.5) is 0 Å². The molecule has 0 aliphatic rings. The van der Waals surface area contributed by atoms with Gasteiger partial charge in [-0.3, -0.25) is 0 Å². The molecular formula is C6H12IO2. The summed E-state index contributed by atoms with van der Waals surface area (Å²) in [6.45, 7) is 4.80. The van der Waals surface area contributed by atoms with Crippen LogP contribution in [-0.4, -0.2) is 10.9 Å². The van der Waals surface area contributed by atoms with Crippen LogP contribution in [0.3, 0.4) is 0 Å². The van der Waals surface area contributed by atoms with Gasteiger partial charge in [-0.05, 0) is 25.7 Å². The van der Waals surface area contributed by atoms with E-state index in [0.717, 1.165) is 0 Å². The summed E-state index contributed by atoms with van der Waals surface area (Å²) in [4.78, 5) is 11.9. The molecule has 0 saturated heterocycles. The van der Waals surface area contributed by atoms with Gasteiger partial charge in [-0.2, -0.15) is 0 Å². The molecule has 1 radical (unpaired) electrons. The van der Waals surface area contributed by atoms with Crippen LogP contribution in [-0.2, 0) is 9.90 Å². The van der Waals surface area contributed by atoms with Crippen molar-refractivity contribution in [3.8, 4) is 0 Å². The summed E-state index contributed by atoms with van der Waals surface area (Å²) < 4.78 is 0. The highest BCUT2D eigenvalue weighted by atomic mass is 127. The molecule has 0 saturated carbocycles. The van der Waals surface area contributed by atoms with E-state index in [1.54, 1.807) is 20.8 Å². The molecule has 0 atom stereocenters. The minimum absolute atomic E-state index is 0.694. The van der Waals surface area contributed by atoms with Crippen molar-refractivity contribution in [1.29, 1.82) is 0 Å². The van der Waals surface area contributed by atoms with Crippen molar-refractivity contribution >= 4 is 28.6 Å². The molecule has 0 aliphatic heterocycles. The van der Waals surface area contributed by atoms with E-state index >= 15 is 0 Å². The molecule has 0 spiro atoms. The van der Waals surface area contributed by atoms with Gasteiger partial charge >= 0.3 is 5.97 Å². The van der Waals surface area contributed by atoms with Gasteiger partial charge in [0.1, 0.15) is 0 Å². The zero-order chi connectivity index (χ0) is 8.08. The SMILES string of the molecule is CC(C)(C)C([O])=O.CI. The predicted octanol–water partition coefficient (Wildman–Crippen LogP) is 2.04. The lowest BCUT2D eigenvalue weighted by atomic mass is 9.98. The monoisotopic (exact) mass is 243 g/mol. The Morgan fingerprint density at radius 3 is 1.33 bits per heavy atom. The third-order valence-corrected chi connectivity index (χ3v) is 0.612. The highest BCUT2D eigenvalue weighted by Gasteiger charge is 2.21. The molecule has 0 aromatic rings. The van der Waals surface area contributed by atoms with Crippen molar-refractivity contribution in [2.45, 2.75) is 20.8 Å². The Bertz CT molecular complexity index is 83.5. The molecule has 0 heterocycles. The maximum Gasteiger partial charge on any atom is 0.360 e. The topological polar surface area (TPSA) is 37.0 Å². The van der Waals surface area contributed by atoms with E-state index < -0.39 is 11.4 Å². The Morgan fingerprint density at radius 2 is 1.33 bits per heavy atom. The molecular weight excluding hydrogens is 231 g/mol. The number of rotatable bonds is 0. The third kappa shape index (κ3) is 8.20. The first-order chi connectivity index (χ1) is 3.94. The molecule has 0 amide bonds. The number of hydrogen-bond donors (Lipinski definition) is 0. The quantitative estimate of drug-likeness (QED) is 0.473. The Kier molecular flexibility index (Phi) is 6.66. The van der Waals surface area contributed by atoms with Crippen molar-refractivity contribution in [2.75, 3.05) is 4.93 Å². The molecule has 2 nitrogen and oxygen atoms in total. The Labute approximate surface area is 69.8 Å². The molecule has 0 aliphatic carbocycles. The maximum atomic E-state index is 9.91. The Morgan fingerprint density at radius 1 is 1.22 bits per heavy atom. The van der Waals surface area contributed by atoms with Gasteiger partial charge in [-0.25, -0.2) is 9.90 Å². The van der Waals surface area contributed by atoms with E-state index in [2.05, 4.69) is 22.6 Å². The lowest BCUT2D eigenvalue weighted by Crippen LogP contribution is -2.17. The van der Waals surface area contributed by atoms with Crippen LogP contribution in [0.5, 0.6) is 0 Å². The third-order valence-electron chi connectivity index (χ3n) is 0.612. The summed E-state index contributed by atoms with van der Waals surface area (Å²) in [6, 6.07) is 0. The first kappa shape index (κ1) is 11.9. The minimum Gasteiger partial charge on any atom is -0.247 e. The lowest BCUT2D eigenvalue weighted by Gasteiger charge is -2.06. The normalized spacial score (nSPS) is 9.44. The van der Waals surface area contributed by atoms with Gasteiger partial charge in [-0.1, -0.05) is 22.6 Å². The van der Waals surface area contributed by atoms with Crippen LogP contribution in [0.2, 0.25) is 0 Å². The predicted molar refractivity (Wildman–Crippen MR) is 45.1 cm³/mol. The van der Waals surface area contributed by atoms with E-state index in [1.807, 2.05) is 4.93 Å². The van der Waals surface area contributed by atoms with Crippen molar-refractivity contribution in [3.05, 3.63) is 0 Å². The number of carbonyl (C=O) groups is 1. The summed E-state index contributed by atoms with van der Waals surface area (Å²) in [6.07, 6.45) is 0. The van der Waals surface area contributed by atoms with Crippen molar-refractivity contribution < 1.29 is 9.90 Å². The van der Waals surface area contributed by atoms with Crippen molar-refractivity contribution in [2.24, 2.45) is 5.41 Å². The van der Waals surface area contributed by atoms with Gasteiger partial charge in [0.2, 0.25) is 0 Å². The molecule has 55 valence electrons. The summed E-state index contributed by atoms with van der Waals surface area (Å²) >= 11 is 2.15. The maximum absolute atomic E-state index is 9.91. The second-order valence-electron chi connectivity index (χ2n) is 2.54. The van der Waals surface area contributed by atoms with Crippen LogP contribution >= 0.6 is 22.6 Å². The first-order valence-corrected chi connectivity index (χ1v) is 4.69. The van der Waals surface area contributed by atoms with E-state index in [0.29, 0.717) is 0 Å². The molecule has 0 aromatic heterocycles. The first-order valence-electron chi connectivity index (χ1n) is 2.54. The highest BCUT2D eigenvalue weighted by molar-refractivity contribution is 14.1. The average Bonchev–Trinajstić information content (AvgIpc) is 1.69. The fraction of sp³-hybridized carbons (Fsp3) is 0.833. The highest BCUT2D eigenvalue weighted by Crippen LogP contribution is 2.11. The number of hydrogen-bond acceptors (Lipinski definition) is 1. The molecule has 9 heavy (non-hydrogen) atoms. The average molecular weight is 243 g/mol. The van der Waals surface area contributed by atoms with Crippen LogP contribution in [0.25, 0.3) is 0 Å². The molecule has 0 fully saturated rings. The summed E-state index contributed by atoms with van der Waals surface area (Å²) in [5.74, 6) is -1.01. The second kappa shape index (κ2) is 5.02. The molecule has 3 heteroatoms. The fourth-order valence-corrected chi connectivity index (χ4v) is 0. The van der Waals surface area contributed by atoms with E-state index in [4.69, 9.17) is 0 Å². The molecule has 0 unspecified atom stereocenters. The van der Waals surface area contributed by atoms with Gasteiger partial charge in [0, 0.05) is 0 Å². The molecule has 0 rings (SSSR count). The van der Waals surface area contributed by atoms with Crippen LogP contribution in [0, 0.1) is 5.41 Å². The summed E-state index contributed by atoms with van der Waals surface area (Å²) in [5.41, 5.74) is -0.694. The largest absolute Gasteiger partial charge is 0.360 e. The zero-order valence-electron chi connectivity index (χ0n) is 6.19. The van der Waals surface area contributed by atoms with Gasteiger partial charge in [0.25, 0.3) is 0 Å². The zero-order valence-corrected chi connectivity index (χ0v) is 8.35. The lowest BCUT2D eigenvalue weighted by molar-refractivity contribution is -0.152. The van der Waals surface area contributed by atoms with Crippen molar-refractivity contribution in [1.82, 2.24) is 0 Å². The van der Waals surface area contributed by atoms with E-state index in [1.165, 1.54) is 0 Å². The Balaban J connectivity index is 0. The van der Waals surface area contributed by atoms with Gasteiger partial charge in [0.15, 0.2) is 0 Å². The van der Waals surface area contributed by atoms with Gasteiger partial charge in [0.05, 0.1) is 5.41 Å². The van der Waals surface area contributed by atoms with Gasteiger partial charge in [-0.15, -0.1) is 0 Å². The smallest absolute Gasteiger partial charge is 0.247 e. The van der Waals surface area contributed by atoms with Gasteiger partial charge < -0.3 is 0 Å². The number of alkyl halides is 1. The van der Waals surface area contributed by atoms with Crippen molar-refractivity contribution in [3.63, 3.8) is 0 Å². The Hall–Kier alpha value is 0.200. The molecule has 0 aromatic carbocycles. The van der Waals surface area contributed by atoms with E-state index in [-0.39, 0.29) is 0 Å². The van der Waals surface area contributed by atoms with Crippen LogP contribution < -0.4 is 0 Å². The fourth-order valence-electron chi connectivity index (χ4n) is 0. The number of halogens is 1.